The number of oxime groups is 1. The zero-order valence-electron chi connectivity index (χ0n) is 21.6. The van der Waals surface area contributed by atoms with Crippen molar-refractivity contribution in [1.82, 2.24) is 10.2 Å². The molecule has 1 heterocycles. The summed E-state index contributed by atoms with van der Waals surface area (Å²) in [4.78, 5) is 43.8. The molecule has 8 heteroatoms. The Kier molecular flexibility index (Phi) is 8.26. The molecule has 8 nitrogen and oxygen atoms in total. The van der Waals surface area contributed by atoms with E-state index in [0.29, 0.717) is 17.7 Å². The predicted octanol–water partition coefficient (Wildman–Crippen LogP) is 5.45. The Morgan fingerprint density at radius 2 is 1.43 bits per heavy atom. The fourth-order valence-electron chi connectivity index (χ4n) is 4.20. The number of likely N-dealkylation sites (tertiary alicyclic amines) is 1. The number of rotatable bonds is 9. The maximum Gasteiger partial charge on any atom is 0.339 e. The molecular formula is C32H27N3O5. The van der Waals surface area contributed by atoms with E-state index in [2.05, 4.69) is 10.5 Å². The second-order valence-electron chi connectivity index (χ2n) is 9.14. The molecule has 1 N–H and O–H groups in total. The average Bonchev–Trinajstić information content (AvgIpc) is 3.00. The Labute approximate surface area is 231 Å². The van der Waals surface area contributed by atoms with Gasteiger partial charge in [0.2, 0.25) is 12.1 Å². The van der Waals surface area contributed by atoms with E-state index in [9.17, 15) is 14.4 Å². The van der Waals surface area contributed by atoms with Crippen molar-refractivity contribution in [3.63, 3.8) is 0 Å². The van der Waals surface area contributed by atoms with Gasteiger partial charge in [-0.1, -0.05) is 108 Å². The molecule has 3 amide bonds. The Balaban J connectivity index is 1.16. The first-order valence-electron chi connectivity index (χ1n) is 12.8. The molecule has 1 fully saturated rings. The normalized spacial score (nSPS) is 14.6. The minimum atomic E-state index is -0.776. The van der Waals surface area contributed by atoms with Crippen LogP contribution >= 0.6 is 0 Å². The van der Waals surface area contributed by atoms with Gasteiger partial charge in [-0.05, 0) is 34.4 Å². The van der Waals surface area contributed by atoms with E-state index in [1.54, 1.807) is 24.3 Å². The highest BCUT2D eigenvalue weighted by molar-refractivity contribution is 5.99. The van der Waals surface area contributed by atoms with Crippen molar-refractivity contribution in [3.8, 4) is 0 Å². The molecule has 1 unspecified atom stereocenters. The van der Waals surface area contributed by atoms with Crippen LogP contribution in [0, 0.1) is 0 Å². The topological polar surface area (TPSA) is 97.3 Å². The SMILES string of the molecule is O=C(OC(c1ccccc1)c1ccccc1)c1ccc(/C=N/OC2CC(=O)N2C(=O)NCc2ccccc2)cc1. The number of urea groups is 1. The van der Waals surface area contributed by atoms with Crippen LogP contribution < -0.4 is 5.32 Å². The number of carbonyl (C=O) groups excluding carboxylic acids is 3. The van der Waals surface area contributed by atoms with Crippen LogP contribution in [0.2, 0.25) is 0 Å². The molecule has 40 heavy (non-hydrogen) atoms. The van der Waals surface area contributed by atoms with E-state index in [-0.39, 0.29) is 12.3 Å². The molecule has 0 bridgehead atoms. The summed E-state index contributed by atoms with van der Waals surface area (Å²) in [5.74, 6) is -0.791. The van der Waals surface area contributed by atoms with Crippen LogP contribution in [0.25, 0.3) is 0 Å². The quantitative estimate of drug-likeness (QED) is 0.134. The molecular weight excluding hydrogens is 506 g/mol. The summed E-state index contributed by atoms with van der Waals surface area (Å²) in [5.41, 5.74) is 3.73. The van der Waals surface area contributed by atoms with Gasteiger partial charge in [-0.3, -0.25) is 4.79 Å². The van der Waals surface area contributed by atoms with Crippen LogP contribution in [-0.4, -0.2) is 35.3 Å². The molecule has 5 rings (SSSR count). The first kappa shape index (κ1) is 26.4. The van der Waals surface area contributed by atoms with Crippen molar-refractivity contribution in [2.24, 2.45) is 5.16 Å². The van der Waals surface area contributed by atoms with Gasteiger partial charge in [0.15, 0.2) is 6.10 Å². The van der Waals surface area contributed by atoms with Crippen molar-refractivity contribution in [1.29, 1.82) is 0 Å². The van der Waals surface area contributed by atoms with Gasteiger partial charge in [0.05, 0.1) is 18.2 Å². The summed E-state index contributed by atoms with van der Waals surface area (Å²) in [6.07, 6.45) is 0.198. The minimum Gasteiger partial charge on any atom is -0.449 e. The smallest absolute Gasteiger partial charge is 0.339 e. The van der Waals surface area contributed by atoms with Crippen molar-refractivity contribution in [3.05, 3.63) is 143 Å². The number of hydrogen-bond acceptors (Lipinski definition) is 6. The van der Waals surface area contributed by atoms with Crippen LogP contribution in [0.1, 0.15) is 45.1 Å². The van der Waals surface area contributed by atoms with Crippen LogP contribution in [0.4, 0.5) is 4.79 Å². The predicted molar refractivity (Wildman–Crippen MR) is 149 cm³/mol. The zero-order valence-corrected chi connectivity index (χ0v) is 21.6. The summed E-state index contributed by atoms with van der Waals surface area (Å²) >= 11 is 0. The third-order valence-corrected chi connectivity index (χ3v) is 6.37. The maximum atomic E-state index is 13.0. The van der Waals surface area contributed by atoms with E-state index in [4.69, 9.17) is 9.57 Å². The fourth-order valence-corrected chi connectivity index (χ4v) is 4.20. The van der Waals surface area contributed by atoms with Crippen LogP contribution in [0.5, 0.6) is 0 Å². The van der Waals surface area contributed by atoms with Gasteiger partial charge in [-0.15, -0.1) is 0 Å². The first-order chi connectivity index (χ1) is 19.6. The number of carbonyl (C=O) groups is 3. The van der Waals surface area contributed by atoms with Crippen LogP contribution in [0.15, 0.2) is 120 Å². The zero-order chi connectivity index (χ0) is 27.7. The number of amides is 3. The number of ether oxygens (including phenoxy) is 1. The lowest BCUT2D eigenvalue weighted by molar-refractivity contribution is -0.163. The van der Waals surface area contributed by atoms with E-state index < -0.39 is 24.3 Å². The molecule has 1 aliphatic rings. The Morgan fingerprint density at radius 3 is 2.00 bits per heavy atom. The lowest BCUT2D eigenvalue weighted by atomic mass is 10.0. The maximum absolute atomic E-state index is 13.0. The van der Waals surface area contributed by atoms with Gasteiger partial charge in [0.1, 0.15) is 0 Å². The van der Waals surface area contributed by atoms with E-state index in [1.165, 1.54) is 6.21 Å². The largest absolute Gasteiger partial charge is 0.449 e. The van der Waals surface area contributed by atoms with Gasteiger partial charge >= 0.3 is 12.0 Å². The monoisotopic (exact) mass is 533 g/mol. The Morgan fingerprint density at radius 1 is 0.850 bits per heavy atom. The number of benzene rings is 4. The summed E-state index contributed by atoms with van der Waals surface area (Å²) < 4.78 is 5.90. The molecule has 4 aromatic rings. The lowest BCUT2D eigenvalue weighted by Gasteiger charge is -2.35. The first-order valence-corrected chi connectivity index (χ1v) is 12.8. The van der Waals surface area contributed by atoms with Gasteiger partial charge in [0, 0.05) is 6.54 Å². The minimum absolute atomic E-state index is 0.0604. The van der Waals surface area contributed by atoms with Gasteiger partial charge in [-0.2, -0.15) is 0 Å². The third-order valence-electron chi connectivity index (χ3n) is 6.37. The van der Waals surface area contributed by atoms with Gasteiger partial charge in [-0.25, -0.2) is 14.5 Å². The average molecular weight is 534 g/mol. The Hall–Kier alpha value is -5.24. The third kappa shape index (κ3) is 6.42. The van der Waals surface area contributed by atoms with Crippen molar-refractivity contribution < 1.29 is 24.0 Å². The fraction of sp³-hybridized carbons (Fsp3) is 0.125. The molecule has 1 aliphatic heterocycles. The summed E-state index contributed by atoms with van der Waals surface area (Å²) in [7, 11) is 0. The highest BCUT2D eigenvalue weighted by Gasteiger charge is 2.43. The van der Waals surface area contributed by atoms with Crippen molar-refractivity contribution >= 4 is 24.1 Å². The molecule has 200 valence electrons. The summed E-state index contributed by atoms with van der Waals surface area (Å²) in [5, 5.41) is 6.65. The number of nitrogens with one attached hydrogen (secondary N) is 1. The van der Waals surface area contributed by atoms with E-state index in [1.807, 2.05) is 91.0 Å². The van der Waals surface area contributed by atoms with Gasteiger partial charge in [0.25, 0.3) is 0 Å². The molecule has 0 radical (unpaired) electrons. The van der Waals surface area contributed by atoms with E-state index in [0.717, 1.165) is 21.6 Å². The van der Waals surface area contributed by atoms with Crippen LogP contribution in [-0.2, 0) is 20.9 Å². The number of imide groups is 1. The molecule has 0 saturated carbocycles. The van der Waals surface area contributed by atoms with Gasteiger partial charge < -0.3 is 14.9 Å². The highest BCUT2D eigenvalue weighted by atomic mass is 16.7. The molecule has 1 saturated heterocycles. The standard InChI is InChI=1S/C32H27N3O5/c36-28-20-29(35(28)32(38)33-21-23-10-4-1-5-11-23)40-34-22-24-16-18-27(19-17-24)31(37)39-30(25-12-6-2-7-13-25)26-14-8-3-9-15-26/h1-19,22,29-30H,20-21H2,(H,33,38)/b34-22+. The number of esters is 1. The number of hydrogen-bond donors (Lipinski definition) is 1. The molecule has 1 atom stereocenters. The molecule has 0 aliphatic carbocycles. The lowest BCUT2D eigenvalue weighted by Crippen LogP contribution is -2.59. The number of β-lactam (4-membered cyclic amide) rings is 1. The number of nitrogens with zero attached hydrogens (tertiary/aromatic N) is 2. The molecule has 0 aromatic heterocycles. The second-order valence-corrected chi connectivity index (χ2v) is 9.14. The van der Waals surface area contributed by atoms with Crippen molar-refractivity contribution in [2.75, 3.05) is 0 Å². The molecule has 4 aromatic carbocycles. The summed E-state index contributed by atoms with van der Waals surface area (Å²) in [6.45, 7) is 0.297. The molecule has 0 spiro atoms. The Bertz CT molecular complexity index is 1440. The second kappa shape index (κ2) is 12.5. The van der Waals surface area contributed by atoms with Crippen LogP contribution in [0.3, 0.4) is 0 Å². The van der Waals surface area contributed by atoms with Crippen molar-refractivity contribution in [2.45, 2.75) is 25.3 Å². The van der Waals surface area contributed by atoms with E-state index >= 15 is 0 Å². The highest BCUT2D eigenvalue weighted by Crippen LogP contribution is 2.27. The summed E-state index contributed by atoms with van der Waals surface area (Å²) in [6, 6.07) is 34.7.